The van der Waals surface area contributed by atoms with Crippen molar-refractivity contribution in [1.82, 2.24) is 4.98 Å². The third-order valence-corrected chi connectivity index (χ3v) is 3.16. The van der Waals surface area contributed by atoms with E-state index in [1.165, 1.54) is 18.3 Å². The monoisotopic (exact) mass is 325 g/mol. The molecular weight excluding hydrogens is 317 g/mol. The summed E-state index contributed by atoms with van der Waals surface area (Å²) in [5, 5.41) is 8.85. The Balaban J connectivity index is 2.34. The topological polar surface area (TPSA) is 59.4 Å². The second-order valence-electron chi connectivity index (χ2n) is 3.78. The molecule has 0 saturated heterocycles. The number of hydrogen-bond donors (Lipinski definition) is 1. The maximum Gasteiger partial charge on any atom is 0.336 e. The third-order valence-electron chi connectivity index (χ3n) is 2.39. The van der Waals surface area contributed by atoms with Crippen LogP contribution in [-0.2, 0) is 0 Å². The SMILES string of the molecule is Cc1ccc(Oc2ccc(C(=O)O)c(Br)c2F)cn1. The molecule has 0 spiro atoms. The summed E-state index contributed by atoms with van der Waals surface area (Å²) >= 11 is 2.91. The maximum absolute atomic E-state index is 13.9. The smallest absolute Gasteiger partial charge is 0.336 e. The van der Waals surface area contributed by atoms with Crippen LogP contribution in [0.1, 0.15) is 16.1 Å². The summed E-state index contributed by atoms with van der Waals surface area (Å²) in [5.41, 5.74) is 0.655. The van der Waals surface area contributed by atoms with Gasteiger partial charge in [0.2, 0.25) is 0 Å². The number of pyridine rings is 1. The van der Waals surface area contributed by atoms with Gasteiger partial charge in [0.25, 0.3) is 0 Å². The van der Waals surface area contributed by atoms with Gasteiger partial charge in [-0.05, 0) is 47.1 Å². The fourth-order valence-corrected chi connectivity index (χ4v) is 1.91. The third kappa shape index (κ3) is 2.90. The average molecular weight is 326 g/mol. The maximum atomic E-state index is 13.9. The van der Waals surface area contributed by atoms with Crippen LogP contribution in [-0.4, -0.2) is 16.1 Å². The summed E-state index contributed by atoms with van der Waals surface area (Å²) in [6, 6.07) is 5.92. The highest BCUT2D eigenvalue weighted by atomic mass is 79.9. The highest BCUT2D eigenvalue weighted by Gasteiger charge is 2.17. The molecule has 0 radical (unpaired) electrons. The highest BCUT2D eigenvalue weighted by molar-refractivity contribution is 9.10. The molecule has 4 nitrogen and oxygen atoms in total. The number of benzene rings is 1. The van der Waals surface area contributed by atoms with E-state index in [2.05, 4.69) is 20.9 Å². The fourth-order valence-electron chi connectivity index (χ4n) is 1.42. The van der Waals surface area contributed by atoms with Crippen LogP contribution in [0, 0.1) is 12.7 Å². The van der Waals surface area contributed by atoms with Gasteiger partial charge >= 0.3 is 5.97 Å². The van der Waals surface area contributed by atoms with Gasteiger partial charge in [-0.1, -0.05) is 0 Å². The lowest BCUT2D eigenvalue weighted by molar-refractivity contribution is 0.0695. The van der Waals surface area contributed by atoms with Crippen molar-refractivity contribution >= 4 is 21.9 Å². The van der Waals surface area contributed by atoms with E-state index in [0.717, 1.165) is 5.69 Å². The van der Waals surface area contributed by atoms with Crippen LogP contribution in [0.4, 0.5) is 4.39 Å². The summed E-state index contributed by atoms with van der Waals surface area (Å²) in [6.07, 6.45) is 1.47. The molecule has 0 aliphatic rings. The van der Waals surface area contributed by atoms with Gasteiger partial charge in [0.15, 0.2) is 11.6 Å². The van der Waals surface area contributed by atoms with Crippen molar-refractivity contribution < 1.29 is 19.0 Å². The van der Waals surface area contributed by atoms with E-state index in [1.54, 1.807) is 12.1 Å². The van der Waals surface area contributed by atoms with Gasteiger partial charge in [-0.15, -0.1) is 0 Å². The van der Waals surface area contributed by atoms with E-state index in [4.69, 9.17) is 9.84 Å². The zero-order valence-corrected chi connectivity index (χ0v) is 11.4. The predicted molar refractivity (Wildman–Crippen MR) is 70.1 cm³/mol. The number of aromatic nitrogens is 1. The van der Waals surface area contributed by atoms with Crippen molar-refractivity contribution in [3.8, 4) is 11.5 Å². The minimum absolute atomic E-state index is 0.0671. The van der Waals surface area contributed by atoms with Gasteiger partial charge in [0.05, 0.1) is 16.2 Å². The Morgan fingerprint density at radius 1 is 1.37 bits per heavy atom. The quantitative estimate of drug-likeness (QED) is 0.932. The molecule has 0 bridgehead atoms. The van der Waals surface area contributed by atoms with Gasteiger partial charge in [-0.25, -0.2) is 9.18 Å². The van der Waals surface area contributed by atoms with E-state index >= 15 is 0 Å². The average Bonchev–Trinajstić information content (AvgIpc) is 2.37. The molecule has 0 aliphatic carbocycles. The molecule has 0 aliphatic heterocycles. The molecule has 0 unspecified atom stereocenters. The van der Waals surface area contributed by atoms with Crippen LogP contribution in [0.3, 0.4) is 0 Å². The molecule has 1 heterocycles. The first-order valence-corrected chi connectivity index (χ1v) is 6.10. The Labute approximate surface area is 117 Å². The molecule has 0 atom stereocenters. The Morgan fingerprint density at radius 2 is 2.11 bits per heavy atom. The van der Waals surface area contributed by atoms with E-state index in [9.17, 15) is 9.18 Å². The van der Waals surface area contributed by atoms with Crippen LogP contribution in [0.2, 0.25) is 0 Å². The summed E-state index contributed by atoms with van der Waals surface area (Å²) < 4.78 is 19.1. The molecule has 1 aromatic heterocycles. The molecule has 6 heteroatoms. The van der Waals surface area contributed by atoms with E-state index in [0.29, 0.717) is 5.75 Å². The number of carboxylic acids is 1. The van der Waals surface area contributed by atoms with Crippen LogP contribution in [0.15, 0.2) is 34.9 Å². The molecule has 0 fully saturated rings. The van der Waals surface area contributed by atoms with Gasteiger partial charge in [0, 0.05) is 5.69 Å². The number of ether oxygens (including phenoxy) is 1. The molecular formula is C13H9BrFNO3. The highest BCUT2D eigenvalue weighted by Crippen LogP contribution is 2.31. The second-order valence-corrected chi connectivity index (χ2v) is 4.57. The lowest BCUT2D eigenvalue weighted by Crippen LogP contribution is -2.00. The molecule has 98 valence electrons. The predicted octanol–water partition coefficient (Wildman–Crippen LogP) is 3.78. The van der Waals surface area contributed by atoms with E-state index in [1.807, 2.05) is 6.92 Å². The Hall–Kier alpha value is -1.95. The van der Waals surface area contributed by atoms with Crippen molar-refractivity contribution in [2.24, 2.45) is 0 Å². The summed E-state index contributed by atoms with van der Waals surface area (Å²) in [5.74, 6) is -1.67. The first-order valence-electron chi connectivity index (χ1n) is 5.31. The van der Waals surface area contributed by atoms with Crippen molar-refractivity contribution in [2.75, 3.05) is 0 Å². The van der Waals surface area contributed by atoms with E-state index < -0.39 is 11.8 Å². The Kier molecular flexibility index (Phi) is 3.80. The minimum Gasteiger partial charge on any atom is -0.478 e. The van der Waals surface area contributed by atoms with Gasteiger partial charge in [-0.3, -0.25) is 4.98 Å². The number of aryl methyl sites for hydroxylation is 1. The zero-order chi connectivity index (χ0) is 14.0. The van der Waals surface area contributed by atoms with Gasteiger partial charge in [-0.2, -0.15) is 0 Å². The number of carboxylic acid groups (broad SMARTS) is 1. The molecule has 0 saturated carbocycles. The lowest BCUT2D eigenvalue weighted by atomic mass is 10.2. The molecule has 1 N–H and O–H groups in total. The number of aromatic carboxylic acids is 1. The number of halogens is 2. The number of nitrogens with zero attached hydrogens (tertiary/aromatic N) is 1. The van der Waals surface area contributed by atoms with Crippen LogP contribution in [0.25, 0.3) is 0 Å². The van der Waals surface area contributed by atoms with E-state index in [-0.39, 0.29) is 15.8 Å². The molecule has 2 aromatic rings. The van der Waals surface area contributed by atoms with Crippen molar-refractivity contribution in [3.63, 3.8) is 0 Å². The fraction of sp³-hybridized carbons (Fsp3) is 0.0769. The molecule has 2 rings (SSSR count). The van der Waals surface area contributed by atoms with Crippen LogP contribution in [0.5, 0.6) is 11.5 Å². The largest absolute Gasteiger partial charge is 0.478 e. The van der Waals surface area contributed by atoms with Crippen molar-refractivity contribution in [2.45, 2.75) is 6.92 Å². The first kappa shape index (κ1) is 13.5. The first-order chi connectivity index (χ1) is 8.99. The Morgan fingerprint density at radius 3 is 2.68 bits per heavy atom. The number of carbonyl (C=O) groups is 1. The normalized spacial score (nSPS) is 10.3. The summed E-state index contributed by atoms with van der Waals surface area (Å²) in [4.78, 5) is 14.9. The second kappa shape index (κ2) is 5.36. The standard InChI is InChI=1S/C13H9BrFNO3/c1-7-2-3-8(6-16-7)19-10-5-4-9(13(17)18)11(14)12(10)15/h2-6H,1H3,(H,17,18). The van der Waals surface area contributed by atoms with Crippen LogP contribution >= 0.6 is 15.9 Å². The zero-order valence-electron chi connectivity index (χ0n) is 9.85. The van der Waals surface area contributed by atoms with Crippen LogP contribution < -0.4 is 4.74 Å². The van der Waals surface area contributed by atoms with Crippen molar-refractivity contribution in [3.05, 3.63) is 52.0 Å². The number of rotatable bonds is 3. The molecule has 19 heavy (non-hydrogen) atoms. The molecule has 0 amide bonds. The number of hydrogen-bond acceptors (Lipinski definition) is 3. The molecule has 1 aromatic carbocycles. The van der Waals surface area contributed by atoms with Gasteiger partial charge in [0.1, 0.15) is 5.75 Å². The Bertz CT molecular complexity index is 629. The minimum atomic E-state index is -1.21. The summed E-state index contributed by atoms with van der Waals surface area (Å²) in [6.45, 7) is 1.82. The lowest BCUT2D eigenvalue weighted by Gasteiger charge is -2.09. The summed E-state index contributed by atoms with van der Waals surface area (Å²) in [7, 11) is 0. The van der Waals surface area contributed by atoms with Crippen molar-refractivity contribution in [1.29, 1.82) is 0 Å². The van der Waals surface area contributed by atoms with Gasteiger partial charge < -0.3 is 9.84 Å².